The molecule has 5 nitrogen and oxygen atoms in total. The lowest BCUT2D eigenvalue weighted by molar-refractivity contribution is -0.0462. The molecule has 2 atom stereocenters. The summed E-state index contributed by atoms with van der Waals surface area (Å²) < 4.78 is 24.5. The van der Waals surface area contributed by atoms with Crippen molar-refractivity contribution >= 4 is 0 Å². The predicted molar refractivity (Wildman–Crippen MR) is 84.4 cm³/mol. The van der Waals surface area contributed by atoms with E-state index in [1.54, 1.807) is 19.1 Å². The molecule has 0 amide bonds. The molecule has 2 aromatic rings. The molecular weight excluding hydrogens is 297 g/mol. The van der Waals surface area contributed by atoms with Crippen LogP contribution in [0.15, 0.2) is 22.7 Å². The average molecular weight is 319 g/mol. The molecule has 0 radical (unpaired) electrons. The lowest BCUT2D eigenvalue weighted by Crippen LogP contribution is -2.43. The van der Waals surface area contributed by atoms with Gasteiger partial charge < -0.3 is 9.26 Å². The minimum Gasteiger partial charge on any atom is -0.376 e. The van der Waals surface area contributed by atoms with Crippen molar-refractivity contribution in [2.24, 2.45) is 0 Å². The molecular formula is C17H22FN3O2. The van der Waals surface area contributed by atoms with Crippen LogP contribution in [0.4, 0.5) is 4.39 Å². The van der Waals surface area contributed by atoms with Crippen LogP contribution in [-0.2, 0) is 4.74 Å². The molecule has 1 aliphatic heterocycles. The predicted octanol–water partition coefficient (Wildman–Crippen LogP) is 3.36. The molecule has 1 aromatic heterocycles. The molecule has 1 fully saturated rings. The monoisotopic (exact) mass is 319 g/mol. The highest BCUT2D eigenvalue weighted by atomic mass is 19.1. The Bertz CT molecular complexity index is 674. The lowest BCUT2D eigenvalue weighted by atomic mass is 10.1. The Hall–Kier alpha value is -1.79. The first-order valence-electron chi connectivity index (χ1n) is 8.04. The van der Waals surface area contributed by atoms with Gasteiger partial charge >= 0.3 is 0 Å². The van der Waals surface area contributed by atoms with E-state index in [9.17, 15) is 4.39 Å². The first-order chi connectivity index (χ1) is 11.1. The van der Waals surface area contributed by atoms with Crippen molar-refractivity contribution in [2.75, 3.05) is 19.7 Å². The van der Waals surface area contributed by atoms with Gasteiger partial charge in [0.1, 0.15) is 5.82 Å². The Kier molecular flexibility index (Phi) is 4.73. The zero-order valence-electron chi connectivity index (χ0n) is 13.8. The first kappa shape index (κ1) is 16.1. The average Bonchev–Trinajstić information content (AvgIpc) is 3.06. The molecule has 2 heterocycles. The number of halogens is 1. The largest absolute Gasteiger partial charge is 0.376 e. The highest BCUT2D eigenvalue weighted by Gasteiger charge is 2.27. The van der Waals surface area contributed by atoms with E-state index < -0.39 is 0 Å². The van der Waals surface area contributed by atoms with Crippen LogP contribution >= 0.6 is 0 Å². The number of aromatic nitrogens is 2. The highest BCUT2D eigenvalue weighted by Crippen LogP contribution is 2.25. The Balaban J connectivity index is 1.76. The van der Waals surface area contributed by atoms with Crippen LogP contribution in [0.25, 0.3) is 11.4 Å². The molecule has 6 heteroatoms. The molecule has 1 aliphatic rings. The van der Waals surface area contributed by atoms with Crippen molar-refractivity contribution in [1.29, 1.82) is 0 Å². The van der Waals surface area contributed by atoms with Gasteiger partial charge in [-0.05, 0) is 44.0 Å². The number of ether oxygens (including phenoxy) is 1. The van der Waals surface area contributed by atoms with E-state index >= 15 is 0 Å². The summed E-state index contributed by atoms with van der Waals surface area (Å²) in [6.45, 7) is 8.35. The number of rotatable bonds is 4. The summed E-state index contributed by atoms with van der Waals surface area (Å²) in [4.78, 5) is 6.79. The number of hydrogen-bond acceptors (Lipinski definition) is 5. The Morgan fingerprint density at radius 1 is 1.43 bits per heavy atom. The second-order valence-electron chi connectivity index (χ2n) is 5.99. The van der Waals surface area contributed by atoms with Gasteiger partial charge in [0.15, 0.2) is 0 Å². The van der Waals surface area contributed by atoms with Gasteiger partial charge in [-0.3, -0.25) is 4.90 Å². The third kappa shape index (κ3) is 3.43. The van der Waals surface area contributed by atoms with Crippen molar-refractivity contribution in [3.8, 4) is 11.4 Å². The van der Waals surface area contributed by atoms with Crippen molar-refractivity contribution in [3.63, 3.8) is 0 Å². The SMILES string of the molecule is CCC1CN(C(C)c2nc(-c3ccc(F)c(C)c3)no2)CCO1. The van der Waals surface area contributed by atoms with Crippen LogP contribution in [0.1, 0.15) is 37.8 Å². The number of aryl methyl sites for hydroxylation is 1. The molecule has 0 bridgehead atoms. The summed E-state index contributed by atoms with van der Waals surface area (Å²) in [6, 6.07) is 4.87. The fourth-order valence-corrected chi connectivity index (χ4v) is 2.80. The van der Waals surface area contributed by atoms with E-state index in [2.05, 4.69) is 28.9 Å². The fourth-order valence-electron chi connectivity index (χ4n) is 2.80. The van der Waals surface area contributed by atoms with Crippen molar-refractivity contribution < 1.29 is 13.7 Å². The smallest absolute Gasteiger partial charge is 0.244 e. The maximum atomic E-state index is 13.4. The molecule has 1 saturated heterocycles. The number of nitrogens with zero attached hydrogens (tertiary/aromatic N) is 3. The second-order valence-corrected chi connectivity index (χ2v) is 5.99. The van der Waals surface area contributed by atoms with Gasteiger partial charge in [-0.15, -0.1) is 0 Å². The minimum absolute atomic E-state index is 0.0377. The van der Waals surface area contributed by atoms with Crippen molar-refractivity contribution in [1.82, 2.24) is 15.0 Å². The summed E-state index contributed by atoms with van der Waals surface area (Å²) in [6.07, 6.45) is 1.25. The maximum absolute atomic E-state index is 13.4. The van der Waals surface area contributed by atoms with Crippen LogP contribution in [0.3, 0.4) is 0 Å². The topological polar surface area (TPSA) is 51.4 Å². The summed E-state index contributed by atoms with van der Waals surface area (Å²) in [7, 11) is 0. The quantitative estimate of drug-likeness (QED) is 0.865. The Labute approximate surface area is 135 Å². The van der Waals surface area contributed by atoms with Gasteiger partial charge in [-0.25, -0.2) is 4.39 Å². The zero-order valence-corrected chi connectivity index (χ0v) is 13.8. The molecule has 0 spiro atoms. The second kappa shape index (κ2) is 6.76. The van der Waals surface area contributed by atoms with E-state index in [0.29, 0.717) is 17.3 Å². The normalized spacial score (nSPS) is 20.6. The summed E-state index contributed by atoms with van der Waals surface area (Å²) >= 11 is 0. The third-order valence-electron chi connectivity index (χ3n) is 4.39. The molecule has 0 saturated carbocycles. The van der Waals surface area contributed by atoms with Crippen LogP contribution in [0, 0.1) is 12.7 Å². The number of hydrogen-bond donors (Lipinski definition) is 0. The maximum Gasteiger partial charge on any atom is 0.244 e. The molecule has 0 N–H and O–H groups in total. The van der Waals surface area contributed by atoms with Crippen molar-refractivity contribution in [3.05, 3.63) is 35.5 Å². The number of benzene rings is 1. The highest BCUT2D eigenvalue weighted by molar-refractivity contribution is 5.55. The summed E-state index contributed by atoms with van der Waals surface area (Å²) in [5.41, 5.74) is 1.33. The Morgan fingerprint density at radius 2 is 2.26 bits per heavy atom. The molecule has 3 rings (SSSR count). The van der Waals surface area contributed by atoms with E-state index in [0.717, 1.165) is 31.7 Å². The van der Waals surface area contributed by atoms with Gasteiger partial charge in [0.25, 0.3) is 0 Å². The zero-order chi connectivity index (χ0) is 16.4. The molecule has 23 heavy (non-hydrogen) atoms. The van der Waals surface area contributed by atoms with E-state index in [-0.39, 0.29) is 18.0 Å². The lowest BCUT2D eigenvalue weighted by Gasteiger charge is -2.34. The first-order valence-corrected chi connectivity index (χ1v) is 8.04. The van der Waals surface area contributed by atoms with Crippen LogP contribution in [-0.4, -0.2) is 40.8 Å². The third-order valence-corrected chi connectivity index (χ3v) is 4.39. The molecule has 124 valence electrons. The van der Waals surface area contributed by atoms with Gasteiger partial charge in [-0.1, -0.05) is 12.1 Å². The van der Waals surface area contributed by atoms with Gasteiger partial charge in [-0.2, -0.15) is 4.98 Å². The van der Waals surface area contributed by atoms with Crippen LogP contribution < -0.4 is 0 Å². The molecule has 2 unspecified atom stereocenters. The fraction of sp³-hybridized carbons (Fsp3) is 0.529. The molecule has 1 aromatic carbocycles. The van der Waals surface area contributed by atoms with Crippen LogP contribution in [0.2, 0.25) is 0 Å². The van der Waals surface area contributed by atoms with E-state index in [1.807, 2.05) is 0 Å². The standard InChI is InChI=1S/C17H22FN3O2/c1-4-14-10-21(7-8-22-14)12(3)17-19-16(20-23-17)13-5-6-15(18)11(2)9-13/h5-6,9,12,14H,4,7-8,10H2,1-3H3. The summed E-state index contributed by atoms with van der Waals surface area (Å²) in [5, 5.41) is 4.05. The van der Waals surface area contributed by atoms with Gasteiger partial charge in [0.2, 0.25) is 11.7 Å². The van der Waals surface area contributed by atoms with E-state index in [4.69, 9.17) is 9.26 Å². The van der Waals surface area contributed by atoms with Crippen molar-refractivity contribution in [2.45, 2.75) is 39.3 Å². The number of morpholine rings is 1. The Morgan fingerprint density at radius 3 is 3.00 bits per heavy atom. The minimum atomic E-state index is -0.232. The molecule has 0 aliphatic carbocycles. The summed E-state index contributed by atoms with van der Waals surface area (Å²) in [5.74, 6) is 0.846. The van der Waals surface area contributed by atoms with Crippen LogP contribution in [0.5, 0.6) is 0 Å². The van der Waals surface area contributed by atoms with E-state index in [1.165, 1.54) is 6.07 Å². The van der Waals surface area contributed by atoms with Gasteiger partial charge in [0.05, 0.1) is 18.8 Å². The van der Waals surface area contributed by atoms with Gasteiger partial charge in [0, 0.05) is 18.7 Å².